The molecule has 0 atom stereocenters. The molecule has 9 heteroatoms. The van der Waals surface area contributed by atoms with Gasteiger partial charge in [-0.1, -0.05) is 11.3 Å². The van der Waals surface area contributed by atoms with Crippen molar-refractivity contribution >= 4 is 32.4 Å². The maximum absolute atomic E-state index is 13.2. The van der Waals surface area contributed by atoms with E-state index in [4.69, 9.17) is 5.14 Å². The molecule has 1 amide bonds. The first-order valence-corrected chi connectivity index (χ1v) is 8.12. The van der Waals surface area contributed by atoms with Crippen molar-refractivity contribution in [3.63, 3.8) is 0 Å². The molecule has 0 unspecified atom stereocenters. The number of benzene rings is 1. The Labute approximate surface area is 124 Å². The fourth-order valence-corrected chi connectivity index (χ4v) is 3.51. The van der Waals surface area contributed by atoms with Crippen LogP contribution in [0.25, 0.3) is 0 Å². The Morgan fingerprint density at radius 3 is 2.57 bits per heavy atom. The number of aromatic nitrogens is 1. The first kappa shape index (κ1) is 15.5. The zero-order chi connectivity index (χ0) is 15.8. The Hall–Kier alpha value is -1.84. The summed E-state index contributed by atoms with van der Waals surface area (Å²) in [6.45, 7) is 3.02. The summed E-state index contributed by atoms with van der Waals surface area (Å²) in [5.74, 6) is -0.916. The number of rotatable bonds is 3. The van der Waals surface area contributed by atoms with E-state index in [1.807, 2.05) is 0 Å². The van der Waals surface area contributed by atoms with Gasteiger partial charge in [0.15, 0.2) is 9.34 Å². The van der Waals surface area contributed by atoms with Crippen LogP contribution in [-0.2, 0) is 10.0 Å². The SMILES string of the molecule is Cc1cc(C(=O)Nc2nc(C)c(S(N)(=O)=O)s2)ccc1F. The van der Waals surface area contributed by atoms with Crippen molar-refractivity contribution in [2.45, 2.75) is 18.1 Å². The quantitative estimate of drug-likeness (QED) is 0.896. The van der Waals surface area contributed by atoms with Gasteiger partial charge in [-0.25, -0.2) is 22.9 Å². The predicted octanol–water partition coefficient (Wildman–Crippen LogP) is 1.80. The average Bonchev–Trinajstić information content (AvgIpc) is 2.73. The molecule has 0 spiro atoms. The number of carbonyl (C=O) groups excluding carboxylic acids is 1. The van der Waals surface area contributed by atoms with Gasteiger partial charge in [0.25, 0.3) is 5.91 Å². The molecular formula is C12H12FN3O3S2. The third-order valence-electron chi connectivity index (χ3n) is 2.65. The molecule has 0 bridgehead atoms. The Morgan fingerprint density at radius 2 is 2.05 bits per heavy atom. The molecule has 2 aromatic rings. The van der Waals surface area contributed by atoms with Crippen molar-refractivity contribution in [1.82, 2.24) is 4.98 Å². The fraction of sp³-hybridized carbons (Fsp3) is 0.167. The molecule has 1 aromatic carbocycles. The van der Waals surface area contributed by atoms with Gasteiger partial charge in [-0.2, -0.15) is 0 Å². The number of thiazole rings is 1. The van der Waals surface area contributed by atoms with Crippen molar-refractivity contribution < 1.29 is 17.6 Å². The number of carbonyl (C=O) groups is 1. The minimum Gasteiger partial charge on any atom is -0.298 e. The zero-order valence-corrected chi connectivity index (χ0v) is 12.8. The second-order valence-electron chi connectivity index (χ2n) is 4.35. The van der Waals surface area contributed by atoms with E-state index < -0.39 is 21.7 Å². The van der Waals surface area contributed by atoms with Gasteiger partial charge in [-0.3, -0.25) is 10.1 Å². The number of aryl methyl sites for hydroxylation is 2. The summed E-state index contributed by atoms with van der Waals surface area (Å²) in [6, 6.07) is 3.91. The number of nitrogens with one attached hydrogen (secondary N) is 1. The Kier molecular flexibility index (Phi) is 4.08. The molecule has 1 heterocycles. The lowest BCUT2D eigenvalue weighted by Crippen LogP contribution is -2.12. The van der Waals surface area contributed by atoms with Gasteiger partial charge in [-0.15, -0.1) is 0 Å². The van der Waals surface area contributed by atoms with Crippen molar-refractivity contribution in [3.8, 4) is 0 Å². The van der Waals surface area contributed by atoms with Gasteiger partial charge < -0.3 is 0 Å². The van der Waals surface area contributed by atoms with Crippen LogP contribution in [-0.4, -0.2) is 19.3 Å². The maximum Gasteiger partial charge on any atom is 0.257 e. The number of anilines is 1. The van der Waals surface area contributed by atoms with E-state index >= 15 is 0 Å². The molecule has 0 saturated carbocycles. The third-order valence-corrected chi connectivity index (χ3v) is 5.28. The normalized spacial score (nSPS) is 11.4. The summed E-state index contributed by atoms with van der Waals surface area (Å²) in [5, 5.41) is 7.62. The van der Waals surface area contributed by atoms with Crippen LogP contribution >= 0.6 is 11.3 Å². The molecule has 112 valence electrons. The highest BCUT2D eigenvalue weighted by Gasteiger charge is 2.19. The van der Waals surface area contributed by atoms with Crippen LogP contribution < -0.4 is 10.5 Å². The molecule has 2 rings (SSSR count). The van der Waals surface area contributed by atoms with E-state index in [1.165, 1.54) is 25.1 Å². The second kappa shape index (κ2) is 5.51. The average molecular weight is 329 g/mol. The molecule has 0 saturated heterocycles. The van der Waals surface area contributed by atoms with Crippen LogP contribution in [0.1, 0.15) is 21.6 Å². The number of primary sulfonamides is 1. The number of amides is 1. The highest BCUT2D eigenvalue weighted by atomic mass is 32.2. The molecule has 0 aliphatic heterocycles. The summed E-state index contributed by atoms with van der Waals surface area (Å²) in [6.07, 6.45) is 0. The number of halogens is 1. The summed E-state index contributed by atoms with van der Waals surface area (Å²) in [7, 11) is -3.87. The van der Waals surface area contributed by atoms with Gasteiger partial charge in [-0.05, 0) is 37.6 Å². The van der Waals surface area contributed by atoms with Crippen LogP contribution in [0.4, 0.5) is 9.52 Å². The van der Waals surface area contributed by atoms with Crippen LogP contribution in [0, 0.1) is 19.7 Å². The van der Waals surface area contributed by atoms with Gasteiger partial charge in [0, 0.05) is 5.56 Å². The molecule has 0 aliphatic rings. The standard InChI is InChI=1S/C12H12FN3O3S2/c1-6-5-8(3-4-9(6)13)10(17)16-12-15-7(2)11(20-12)21(14,18)19/h3-5H,1-2H3,(H2,14,18,19)(H,15,16,17). The van der Waals surface area contributed by atoms with E-state index in [0.717, 1.165) is 11.3 Å². The lowest BCUT2D eigenvalue weighted by Gasteiger charge is -2.03. The van der Waals surface area contributed by atoms with Crippen LogP contribution in [0.3, 0.4) is 0 Å². The predicted molar refractivity (Wildman–Crippen MR) is 77.3 cm³/mol. The Morgan fingerprint density at radius 1 is 1.38 bits per heavy atom. The lowest BCUT2D eigenvalue weighted by atomic mass is 10.1. The highest BCUT2D eigenvalue weighted by molar-refractivity contribution is 7.91. The van der Waals surface area contributed by atoms with E-state index in [2.05, 4.69) is 10.3 Å². The number of hydrogen-bond donors (Lipinski definition) is 2. The maximum atomic E-state index is 13.2. The van der Waals surface area contributed by atoms with Gasteiger partial charge in [0.1, 0.15) is 5.82 Å². The van der Waals surface area contributed by atoms with Crippen molar-refractivity contribution in [2.24, 2.45) is 5.14 Å². The van der Waals surface area contributed by atoms with Crippen LogP contribution in [0.2, 0.25) is 0 Å². The minimum atomic E-state index is -3.87. The molecule has 0 radical (unpaired) electrons. The molecule has 1 aromatic heterocycles. The second-order valence-corrected chi connectivity index (χ2v) is 7.11. The number of sulfonamides is 1. The topological polar surface area (TPSA) is 102 Å². The van der Waals surface area contributed by atoms with Gasteiger partial charge in [0.2, 0.25) is 10.0 Å². The fourth-order valence-electron chi connectivity index (χ4n) is 1.66. The molecule has 3 N–H and O–H groups in total. The number of nitrogens with zero attached hydrogens (tertiary/aromatic N) is 1. The van der Waals surface area contributed by atoms with E-state index in [0.29, 0.717) is 5.56 Å². The molecule has 0 aliphatic carbocycles. The number of nitrogens with two attached hydrogens (primary N) is 1. The monoisotopic (exact) mass is 329 g/mol. The van der Waals surface area contributed by atoms with Gasteiger partial charge >= 0.3 is 0 Å². The van der Waals surface area contributed by atoms with Crippen molar-refractivity contribution in [3.05, 3.63) is 40.8 Å². The van der Waals surface area contributed by atoms with Crippen LogP contribution in [0.15, 0.2) is 22.4 Å². The summed E-state index contributed by atoms with van der Waals surface area (Å²) >= 11 is 0.767. The van der Waals surface area contributed by atoms with E-state index in [1.54, 1.807) is 6.92 Å². The highest BCUT2D eigenvalue weighted by Crippen LogP contribution is 2.26. The van der Waals surface area contributed by atoms with Crippen LogP contribution in [0.5, 0.6) is 0 Å². The third kappa shape index (κ3) is 3.43. The van der Waals surface area contributed by atoms with Crippen molar-refractivity contribution in [2.75, 3.05) is 5.32 Å². The molecule has 0 fully saturated rings. The smallest absolute Gasteiger partial charge is 0.257 e. The Balaban J connectivity index is 2.26. The zero-order valence-electron chi connectivity index (χ0n) is 11.2. The summed E-state index contributed by atoms with van der Waals surface area (Å²) in [4.78, 5) is 15.9. The molecular weight excluding hydrogens is 317 g/mol. The lowest BCUT2D eigenvalue weighted by molar-refractivity contribution is 0.102. The first-order chi connectivity index (χ1) is 9.68. The molecule has 21 heavy (non-hydrogen) atoms. The Bertz CT molecular complexity index is 815. The minimum absolute atomic E-state index is 0.104. The summed E-state index contributed by atoms with van der Waals surface area (Å²) in [5.41, 5.74) is 0.801. The van der Waals surface area contributed by atoms with E-state index in [9.17, 15) is 17.6 Å². The molecule has 6 nitrogen and oxygen atoms in total. The number of hydrogen-bond acceptors (Lipinski definition) is 5. The first-order valence-electron chi connectivity index (χ1n) is 5.76. The van der Waals surface area contributed by atoms with E-state index in [-0.39, 0.29) is 20.6 Å². The summed E-state index contributed by atoms with van der Waals surface area (Å²) < 4.78 is 35.6. The largest absolute Gasteiger partial charge is 0.298 e. The van der Waals surface area contributed by atoms with Crippen molar-refractivity contribution in [1.29, 1.82) is 0 Å². The van der Waals surface area contributed by atoms with Gasteiger partial charge in [0.05, 0.1) is 5.69 Å².